The average molecular weight is 257 g/mol. The van der Waals surface area contributed by atoms with E-state index in [1.165, 1.54) is 12.1 Å². The second kappa shape index (κ2) is 5.74. The number of hydrogen-bond acceptors (Lipinski definition) is 2. The van der Waals surface area contributed by atoms with E-state index in [1.807, 2.05) is 7.05 Å². The van der Waals surface area contributed by atoms with Crippen LogP contribution in [0.1, 0.15) is 20.8 Å². The van der Waals surface area contributed by atoms with Crippen LogP contribution in [0.5, 0.6) is 0 Å². The molecule has 1 aromatic carbocycles. The third kappa shape index (κ3) is 4.21. The smallest absolute Gasteiger partial charge is 0.124 e. The molecule has 1 N–H and O–H groups in total. The largest absolute Gasteiger partial charge is 0.316 e. The molecule has 0 radical (unpaired) electrons. The van der Waals surface area contributed by atoms with E-state index in [-0.39, 0.29) is 17.3 Å². The van der Waals surface area contributed by atoms with Gasteiger partial charge in [0.2, 0.25) is 0 Å². The van der Waals surface area contributed by atoms with Crippen LogP contribution in [0.2, 0.25) is 0 Å². The predicted molar refractivity (Wildman–Crippen MR) is 70.0 cm³/mol. The summed E-state index contributed by atoms with van der Waals surface area (Å²) in [6.45, 7) is 6.28. The molecule has 0 aromatic heterocycles. The molecule has 0 bridgehead atoms. The summed E-state index contributed by atoms with van der Waals surface area (Å²) in [5.41, 5.74) is 0.0255. The lowest BCUT2D eigenvalue weighted by molar-refractivity contribution is 0.304. The predicted octanol–water partition coefficient (Wildman–Crippen LogP) is 2.57. The highest BCUT2D eigenvalue weighted by Gasteiger charge is 2.25. The van der Waals surface area contributed by atoms with Crippen molar-refractivity contribution in [3.8, 4) is 0 Å². The Kier molecular flexibility index (Phi) is 4.83. The van der Waals surface area contributed by atoms with Gasteiger partial charge in [0.25, 0.3) is 0 Å². The minimum Gasteiger partial charge on any atom is -0.316 e. The molecule has 2 nitrogen and oxygen atoms in total. The summed E-state index contributed by atoms with van der Waals surface area (Å²) in [5, 5.41) is 3.17. The Hall–Kier alpha value is -0.740. The molecule has 2 atom stereocenters. The van der Waals surface area contributed by atoms with Gasteiger partial charge in [0.15, 0.2) is 0 Å². The fourth-order valence-corrected chi connectivity index (χ4v) is 3.26. The molecule has 0 saturated heterocycles. The van der Waals surface area contributed by atoms with Crippen LogP contribution in [0.3, 0.4) is 0 Å². The molecule has 96 valence electrons. The first-order valence-corrected chi connectivity index (χ1v) is 6.97. The lowest BCUT2D eigenvalue weighted by Crippen LogP contribution is -2.42. The van der Waals surface area contributed by atoms with Crippen LogP contribution in [0.15, 0.2) is 29.2 Å². The Bertz CT molecular complexity index is 401. The van der Waals surface area contributed by atoms with Crippen LogP contribution in [0, 0.1) is 11.2 Å². The minimum atomic E-state index is -1.17. The van der Waals surface area contributed by atoms with Crippen LogP contribution in [-0.2, 0) is 10.8 Å². The van der Waals surface area contributed by atoms with Gasteiger partial charge in [-0.3, -0.25) is 4.21 Å². The van der Waals surface area contributed by atoms with Gasteiger partial charge in [-0.05, 0) is 30.7 Å². The summed E-state index contributed by atoms with van der Waals surface area (Å²) >= 11 is 0. The first-order valence-electron chi connectivity index (χ1n) is 5.66. The Labute approximate surface area is 105 Å². The van der Waals surface area contributed by atoms with E-state index in [0.29, 0.717) is 10.6 Å². The number of hydrogen-bond donors (Lipinski definition) is 1. The standard InChI is InChI=1S/C13H20FNOS/c1-13(2,3)12(15-4)9-17(16)11-7-5-6-10(14)8-11/h5-8,12,15H,9H2,1-4H3. The van der Waals surface area contributed by atoms with E-state index in [4.69, 9.17) is 0 Å². The number of nitrogens with one attached hydrogen (secondary N) is 1. The van der Waals surface area contributed by atoms with Crippen LogP contribution in [-0.4, -0.2) is 23.1 Å². The second-order valence-corrected chi connectivity index (χ2v) is 6.67. The first kappa shape index (κ1) is 14.3. The third-order valence-electron chi connectivity index (χ3n) is 2.77. The van der Waals surface area contributed by atoms with Crippen molar-refractivity contribution in [1.29, 1.82) is 0 Å². The maximum absolute atomic E-state index is 13.0. The highest BCUT2D eigenvalue weighted by Crippen LogP contribution is 2.21. The zero-order valence-corrected chi connectivity index (χ0v) is 11.6. The van der Waals surface area contributed by atoms with Crippen molar-refractivity contribution in [1.82, 2.24) is 5.32 Å². The van der Waals surface area contributed by atoms with Crippen LogP contribution < -0.4 is 5.32 Å². The highest BCUT2D eigenvalue weighted by molar-refractivity contribution is 7.85. The minimum absolute atomic E-state index is 0.0255. The molecule has 17 heavy (non-hydrogen) atoms. The number of halogens is 1. The summed E-state index contributed by atoms with van der Waals surface area (Å²) in [6, 6.07) is 6.13. The third-order valence-corrected chi connectivity index (χ3v) is 4.19. The van der Waals surface area contributed by atoms with Gasteiger partial charge in [0.1, 0.15) is 5.82 Å². The summed E-state index contributed by atoms with van der Waals surface area (Å²) in [4.78, 5) is 0.550. The Morgan fingerprint density at radius 1 is 1.41 bits per heavy atom. The normalized spacial score (nSPS) is 15.6. The SMILES string of the molecule is CNC(CS(=O)c1cccc(F)c1)C(C)(C)C. The molecular formula is C13H20FNOS. The molecule has 0 aliphatic rings. The number of benzene rings is 1. The molecule has 0 fully saturated rings. The topological polar surface area (TPSA) is 29.1 Å². The van der Waals surface area contributed by atoms with E-state index < -0.39 is 10.8 Å². The second-order valence-electron chi connectivity index (χ2n) is 5.18. The van der Waals surface area contributed by atoms with Crippen molar-refractivity contribution < 1.29 is 8.60 Å². The van der Waals surface area contributed by atoms with Crippen LogP contribution in [0.25, 0.3) is 0 Å². The number of rotatable bonds is 4. The average Bonchev–Trinajstić information content (AvgIpc) is 2.23. The fourth-order valence-electron chi connectivity index (χ4n) is 1.62. The van der Waals surface area contributed by atoms with Gasteiger partial charge in [-0.25, -0.2) is 4.39 Å². The molecule has 1 rings (SSSR count). The quantitative estimate of drug-likeness (QED) is 0.898. The monoisotopic (exact) mass is 257 g/mol. The molecular weight excluding hydrogens is 237 g/mol. The van der Waals surface area contributed by atoms with E-state index >= 15 is 0 Å². The summed E-state index contributed by atoms with van der Waals surface area (Å²) < 4.78 is 25.1. The molecule has 0 heterocycles. The summed E-state index contributed by atoms with van der Waals surface area (Å²) in [7, 11) is 0.687. The van der Waals surface area contributed by atoms with Crippen molar-refractivity contribution in [2.75, 3.05) is 12.8 Å². The van der Waals surface area contributed by atoms with Crippen LogP contribution in [0.4, 0.5) is 4.39 Å². The maximum atomic E-state index is 13.0. The van der Waals surface area contributed by atoms with Crippen molar-refractivity contribution in [2.24, 2.45) is 5.41 Å². The van der Waals surface area contributed by atoms with E-state index in [0.717, 1.165) is 0 Å². The fraction of sp³-hybridized carbons (Fsp3) is 0.538. The Morgan fingerprint density at radius 3 is 2.53 bits per heavy atom. The van der Waals surface area contributed by atoms with Gasteiger partial charge in [0, 0.05) is 16.7 Å². The summed E-state index contributed by atoms with van der Waals surface area (Å²) in [6.07, 6.45) is 0. The molecule has 0 amide bonds. The molecule has 0 aliphatic heterocycles. The van der Waals surface area contributed by atoms with E-state index in [1.54, 1.807) is 12.1 Å². The zero-order chi connectivity index (χ0) is 13.1. The Balaban J connectivity index is 2.78. The van der Waals surface area contributed by atoms with Gasteiger partial charge in [-0.15, -0.1) is 0 Å². The summed E-state index contributed by atoms with van der Waals surface area (Å²) in [5.74, 6) is 0.149. The lowest BCUT2D eigenvalue weighted by Gasteiger charge is -2.29. The van der Waals surface area contributed by atoms with Crippen LogP contribution >= 0.6 is 0 Å². The molecule has 0 spiro atoms. The maximum Gasteiger partial charge on any atom is 0.124 e. The first-order chi connectivity index (χ1) is 7.84. The van der Waals surface area contributed by atoms with E-state index in [9.17, 15) is 8.60 Å². The Morgan fingerprint density at radius 2 is 2.06 bits per heavy atom. The molecule has 0 aliphatic carbocycles. The highest BCUT2D eigenvalue weighted by atomic mass is 32.2. The molecule has 4 heteroatoms. The van der Waals surface area contributed by atoms with Gasteiger partial charge in [-0.1, -0.05) is 26.8 Å². The van der Waals surface area contributed by atoms with Crippen molar-refractivity contribution in [3.05, 3.63) is 30.1 Å². The van der Waals surface area contributed by atoms with Gasteiger partial charge in [-0.2, -0.15) is 0 Å². The molecule has 0 saturated carbocycles. The lowest BCUT2D eigenvalue weighted by atomic mass is 9.88. The van der Waals surface area contributed by atoms with Gasteiger partial charge < -0.3 is 5.32 Å². The van der Waals surface area contributed by atoms with Gasteiger partial charge >= 0.3 is 0 Å². The molecule has 1 aromatic rings. The van der Waals surface area contributed by atoms with Crippen molar-refractivity contribution >= 4 is 10.8 Å². The van der Waals surface area contributed by atoms with E-state index in [2.05, 4.69) is 26.1 Å². The van der Waals surface area contributed by atoms with Crippen molar-refractivity contribution in [3.63, 3.8) is 0 Å². The molecule has 2 unspecified atom stereocenters. The van der Waals surface area contributed by atoms with Crippen molar-refractivity contribution in [2.45, 2.75) is 31.7 Å². The zero-order valence-electron chi connectivity index (χ0n) is 10.8. The van der Waals surface area contributed by atoms with Gasteiger partial charge in [0.05, 0.1) is 10.8 Å².